The molecule has 4 heteroatoms. The number of alkyl halides is 1. The maximum atomic E-state index is 5.78. The Morgan fingerprint density at radius 1 is 1.36 bits per heavy atom. The summed E-state index contributed by atoms with van der Waals surface area (Å²) in [5, 5.41) is 2.96. The molecule has 0 spiro atoms. The van der Waals surface area contributed by atoms with Crippen LogP contribution in [0.5, 0.6) is 0 Å². The van der Waals surface area contributed by atoms with Crippen molar-refractivity contribution in [3.05, 3.63) is 24.2 Å². The third-order valence-electron chi connectivity index (χ3n) is 1.42. The average molecular weight is 168 g/mol. The summed E-state index contributed by atoms with van der Waals surface area (Å²) in [6.07, 6.45) is 6.98. The van der Waals surface area contributed by atoms with Crippen molar-refractivity contribution in [3.63, 3.8) is 0 Å². The Bertz CT molecular complexity index is 297. The number of aromatic nitrogens is 2. The Hall–Kier alpha value is -1.09. The van der Waals surface area contributed by atoms with Crippen LogP contribution in [0.4, 0.5) is 5.82 Å². The zero-order valence-corrected chi connectivity index (χ0v) is 6.42. The molecule has 1 aromatic heterocycles. The van der Waals surface area contributed by atoms with E-state index in [1.807, 2.05) is 12.2 Å². The van der Waals surface area contributed by atoms with E-state index in [4.69, 9.17) is 11.6 Å². The predicted molar refractivity (Wildman–Crippen MR) is 44.3 cm³/mol. The van der Waals surface area contributed by atoms with Crippen molar-refractivity contribution >= 4 is 23.5 Å². The lowest BCUT2D eigenvalue weighted by Crippen LogP contribution is -2.15. The van der Waals surface area contributed by atoms with Gasteiger partial charge in [0.25, 0.3) is 0 Å². The van der Waals surface area contributed by atoms with Gasteiger partial charge in [0.15, 0.2) is 5.82 Å². The first-order valence-corrected chi connectivity index (χ1v) is 3.70. The second kappa shape index (κ2) is 2.51. The van der Waals surface area contributed by atoms with Gasteiger partial charge in [-0.1, -0.05) is 11.6 Å². The van der Waals surface area contributed by atoms with E-state index in [-0.39, 0.29) is 5.50 Å². The summed E-state index contributed by atoms with van der Waals surface area (Å²) in [5.74, 6) is 0.745. The number of halogens is 1. The van der Waals surface area contributed by atoms with Gasteiger partial charge in [0.1, 0.15) is 11.2 Å². The summed E-state index contributed by atoms with van der Waals surface area (Å²) < 4.78 is 0. The van der Waals surface area contributed by atoms with Crippen LogP contribution in [0.25, 0.3) is 6.08 Å². The van der Waals surface area contributed by atoms with Gasteiger partial charge < -0.3 is 5.32 Å². The zero-order valence-electron chi connectivity index (χ0n) is 5.66. The fraction of sp³-hybridized carbons (Fsp3) is 0.143. The fourth-order valence-electron chi connectivity index (χ4n) is 0.936. The van der Waals surface area contributed by atoms with E-state index in [1.165, 1.54) is 0 Å². The lowest BCUT2D eigenvalue weighted by atomic mass is 10.3. The van der Waals surface area contributed by atoms with E-state index in [1.54, 1.807) is 12.4 Å². The largest absolute Gasteiger partial charge is 0.349 e. The number of nitrogens with zero attached hydrogens (tertiary/aromatic N) is 2. The lowest BCUT2D eigenvalue weighted by molar-refractivity contribution is 1.09. The molecule has 11 heavy (non-hydrogen) atoms. The average Bonchev–Trinajstić information content (AvgIpc) is 2.04. The van der Waals surface area contributed by atoms with Crippen LogP contribution in [0.15, 0.2) is 18.5 Å². The molecule has 0 radical (unpaired) electrons. The normalized spacial score (nSPS) is 20.6. The summed E-state index contributed by atoms with van der Waals surface area (Å²) in [5.41, 5.74) is 0.670. The van der Waals surface area contributed by atoms with Crippen LogP contribution in [-0.4, -0.2) is 15.5 Å². The van der Waals surface area contributed by atoms with E-state index in [0.717, 1.165) is 11.5 Å². The Morgan fingerprint density at radius 2 is 2.18 bits per heavy atom. The molecule has 0 amide bonds. The molecule has 0 saturated heterocycles. The number of fused-ring (bicyclic) bond motifs is 1. The Kier molecular flexibility index (Phi) is 1.51. The SMILES string of the molecule is ClC1C=Cc2nccnc2N1. The van der Waals surface area contributed by atoms with Gasteiger partial charge in [0.2, 0.25) is 0 Å². The van der Waals surface area contributed by atoms with Gasteiger partial charge in [-0.25, -0.2) is 4.98 Å². The molecular formula is C7H6ClN3. The van der Waals surface area contributed by atoms with Crippen LogP contribution < -0.4 is 5.32 Å². The van der Waals surface area contributed by atoms with Crippen molar-refractivity contribution in [1.82, 2.24) is 9.97 Å². The minimum Gasteiger partial charge on any atom is -0.349 e. The Labute approximate surface area is 69.1 Å². The van der Waals surface area contributed by atoms with Crippen molar-refractivity contribution in [2.75, 3.05) is 5.32 Å². The van der Waals surface area contributed by atoms with Crippen LogP contribution in [-0.2, 0) is 0 Å². The van der Waals surface area contributed by atoms with Crippen LogP contribution in [0.2, 0.25) is 0 Å². The van der Waals surface area contributed by atoms with E-state index in [2.05, 4.69) is 15.3 Å². The molecule has 0 saturated carbocycles. The lowest BCUT2D eigenvalue weighted by Gasteiger charge is -2.14. The highest BCUT2D eigenvalue weighted by atomic mass is 35.5. The first-order chi connectivity index (χ1) is 5.36. The molecule has 1 aromatic rings. The Balaban J connectivity index is 2.46. The van der Waals surface area contributed by atoms with Crippen molar-refractivity contribution in [3.8, 4) is 0 Å². The van der Waals surface area contributed by atoms with Crippen molar-refractivity contribution < 1.29 is 0 Å². The third kappa shape index (κ3) is 1.19. The molecule has 1 aliphatic rings. The number of hydrogen-bond donors (Lipinski definition) is 1. The molecule has 0 bridgehead atoms. The number of anilines is 1. The van der Waals surface area contributed by atoms with Crippen molar-refractivity contribution in [2.24, 2.45) is 0 Å². The van der Waals surface area contributed by atoms with Gasteiger partial charge in [-0.05, 0) is 12.2 Å². The highest BCUT2D eigenvalue weighted by molar-refractivity contribution is 6.23. The topological polar surface area (TPSA) is 37.8 Å². The zero-order chi connectivity index (χ0) is 7.68. The minimum absolute atomic E-state index is 0.167. The third-order valence-corrected chi connectivity index (χ3v) is 1.68. The number of nitrogens with one attached hydrogen (secondary N) is 1. The summed E-state index contributed by atoms with van der Waals surface area (Å²) >= 11 is 5.78. The second-order valence-corrected chi connectivity index (χ2v) is 2.67. The van der Waals surface area contributed by atoms with Crippen LogP contribution >= 0.6 is 11.6 Å². The van der Waals surface area contributed by atoms with Gasteiger partial charge >= 0.3 is 0 Å². The molecule has 3 nitrogen and oxygen atoms in total. The van der Waals surface area contributed by atoms with Crippen LogP contribution in [0.3, 0.4) is 0 Å². The van der Waals surface area contributed by atoms with E-state index in [0.29, 0.717) is 0 Å². The highest BCUT2D eigenvalue weighted by Gasteiger charge is 2.10. The molecule has 0 aromatic carbocycles. The van der Waals surface area contributed by atoms with Crippen molar-refractivity contribution in [1.29, 1.82) is 0 Å². The first kappa shape index (κ1) is 6.61. The van der Waals surface area contributed by atoms with E-state index >= 15 is 0 Å². The Morgan fingerprint density at radius 3 is 3.09 bits per heavy atom. The molecule has 56 valence electrons. The van der Waals surface area contributed by atoms with Gasteiger partial charge in [-0.2, -0.15) is 0 Å². The monoisotopic (exact) mass is 167 g/mol. The number of hydrogen-bond acceptors (Lipinski definition) is 3. The molecule has 1 aliphatic heterocycles. The summed E-state index contributed by atoms with van der Waals surface area (Å²) in [6, 6.07) is 0. The maximum absolute atomic E-state index is 5.78. The van der Waals surface area contributed by atoms with Gasteiger partial charge in [-0.3, -0.25) is 4.98 Å². The van der Waals surface area contributed by atoms with E-state index < -0.39 is 0 Å². The van der Waals surface area contributed by atoms with Gasteiger partial charge in [0.05, 0.1) is 0 Å². The molecule has 1 unspecified atom stereocenters. The maximum Gasteiger partial charge on any atom is 0.153 e. The summed E-state index contributed by atoms with van der Waals surface area (Å²) in [4.78, 5) is 8.14. The smallest absolute Gasteiger partial charge is 0.153 e. The van der Waals surface area contributed by atoms with Gasteiger partial charge in [0, 0.05) is 12.4 Å². The highest BCUT2D eigenvalue weighted by Crippen LogP contribution is 2.18. The summed E-state index contributed by atoms with van der Waals surface area (Å²) in [7, 11) is 0. The predicted octanol–water partition coefficient (Wildman–Crippen LogP) is 1.48. The molecule has 1 atom stereocenters. The second-order valence-electron chi connectivity index (χ2n) is 2.20. The molecule has 2 rings (SSSR count). The van der Waals surface area contributed by atoms with Crippen molar-refractivity contribution in [2.45, 2.75) is 5.50 Å². The number of rotatable bonds is 0. The van der Waals surface area contributed by atoms with Crippen LogP contribution in [0.1, 0.15) is 5.69 Å². The van der Waals surface area contributed by atoms with Crippen LogP contribution in [0, 0.1) is 0 Å². The molecule has 0 fully saturated rings. The molecular weight excluding hydrogens is 162 g/mol. The minimum atomic E-state index is -0.167. The van der Waals surface area contributed by atoms with E-state index in [9.17, 15) is 0 Å². The molecule has 0 aliphatic carbocycles. The molecule has 2 heterocycles. The standard InChI is InChI=1S/C7H6ClN3/c8-6-2-1-5-7(11-6)10-4-3-9-5/h1-4,6H,(H,10,11). The first-order valence-electron chi connectivity index (χ1n) is 3.26. The summed E-state index contributed by atoms with van der Waals surface area (Å²) in [6.45, 7) is 0. The quantitative estimate of drug-likeness (QED) is 0.470. The van der Waals surface area contributed by atoms with Gasteiger partial charge in [-0.15, -0.1) is 0 Å². The molecule has 1 N–H and O–H groups in total. The fourth-order valence-corrected chi connectivity index (χ4v) is 1.11.